The van der Waals surface area contributed by atoms with Crippen molar-refractivity contribution in [2.24, 2.45) is 0 Å². The number of amides is 1. The van der Waals surface area contributed by atoms with E-state index in [1.54, 1.807) is 0 Å². The topological polar surface area (TPSA) is 105 Å². The van der Waals surface area contributed by atoms with Crippen LogP contribution >= 0.6 is 0 Å². The van der Waals surface area contributed by atoms with E-state index < -0.39 is 11.9 Å². The van der Waals surface area contributed by atoms with Crippen LogP contribution < -0.4 is 5.32 Å². The molecule has 2 rings (SSSR count). The van der Waals surface area contributed by atoms with Crippen LogP contribution in [-0.2, 0) is 6.54 Å². The number of rotatable bonds is 4. The maximum absolute atomic E-state index is 11.6. The number of aromatic nitrogens is 2. The number of carbonyl (C=O) groups is 2. The number of carboxylic acids is 1. The molecule has 2 aromatic heterocycles. The molecule has 0 spiro atoms. The average Bonchev–Trinajstić information content (AvgIpc) is 2.86. The van der Waals surface area contributed by atoms with E-state index in [-0.39, 0.29) is 17.8 Å². The largest absolute Gasteiger partial charge is 0.478 e. The van der Waals surface area contributed by atoms with Gasteiger partial charge in [0.1, 0.15) is 17.7 Å². The molecule has 0 aliphatic carbocycles. The van der Waals surface area contributed by atoms with Gasteiger partial charge in [-0.15, -0.1) is 0 Å². The average molecular weight is 247 g/mol. The highest BCUT2D eigenvalue weighted by Crippen LogP contribution is 2.07. The van der Waals surface area contributed by atoms with Gasteiger partial charge in [0, 0.05) is 12.4 Å². The van der Waals surface area contributed by atoms with Crippen molar-refractivity contribution in [3.05, 3.63) is 47.9 Å². The molecule has 7 heteroatoms. The Morgan fingerprint density at radius 2 is 2.22 bits per heavy atom. The second-order valence-corrected chi connectivity index (χ2v) is 3.38. The van der Waals surface area contributed by atoms with Crippen molar-refractivity contribution < 1.29 is 19.1 Å². The molecule has 2 heterocycles. The minimum atomic E-state index is -1.08. The van der Waals surface area contributed by atoms with Crippen molar-refractivity contribution in [2.75, 3.05) is 0 Å². The zero-order valence-electron chi connectivity index (χ0n) is 9.16. The fourth-order valence-corrected chi connectivity index (χ4v) is 1.26. The summed E-state index contributed by atoms with van der Waals surface area (Å²) in [6.45, 7) is 0.0860. The molecule has 0 aliphatic heterocycles. The molecule has 0 aliphatic rings. The summed E-state index contributed by atoms with van der Waals surface area (Å²) >= 11 is 0. The second kappa shape index (κ2) is 5.09. The summed E-state index contributed by atoms with van der Waals surface area (Å²) in [6, 6.07) is 1.35. The summed E-state index contributed by atoms with van der Waals surface area (Å²) in [5.74, 6) is -1.13. The molecule has 7 nitrogen and oxygen atoms in total. The monoisotopic (exact) mass is 247 g/mol. The van der Waals surface area contributed by atoms with E-state index in [1.165, 1.54) is 24.7 Å². The van der Waals surface area contributed by atoms with Crippen molar-refractivity contribution in [1.29, 1.82) is 0 Å². The van der Waals surface area contributed by atoms with E-state index in [2.05, 4.69) is 15.3 Å². The van der Waals surface area contributed by atoms with Gasteiger partial charge in [-0.3, -0.25) is 9.78 Å². The molecule has 2 aromatic rings. The van der Waals surface area contributed by atoms with E-state index >= 15 is 0 Å². The number of carbonyl (C=O) groups excluding carboxylic acids is 1. The van der Waals surface area contributed by atoms with Gasteiger partial charge >= 0.3 is 5.97 Å². The SMILES string of the molecule is O=C(O)c1coc(CNC(=O)c2cnccn2)c1. The quantitative estimate of drug-likeness (QED) is 0.823. The third-order valence-electron chi connectivity index (χ3n) is 2.12. The fraction of sp³-hybridized carbons (Fsp3) is 0.0909. The van der Waals surface area contributed by atoms with Crippen LogP contribution in [0.3, 0.4) is 0 Å². The third-order valence-corrected chi connectivity index (χ3v) is 2.12. The van der Waals surface area contributed by atoms with E-state index in [1.807, 2.05) is 0 Å². The molecular formula is C11H9N3O4. The van der Waals surface area contributed by atoms with Crippen LogP contribution in [0.2, 0.25) is 0 Å². The highest BCUT2D eigenvalue weighted by Gasteiger charge is 2.10. The maximum atomic E-state index is 11.6. The van der Waals surface area contributed by atoms with Gasteiger partial charge in [-0.1, -0.05) is 0 Å². The zero-order valence-corrected chi connectivity index (χ0v) is 9.16. The van der Waals surface area contributed by atoms with Gasteiger partial charge in [0.25, 0.3) is 5.91 Å². The predicted octanol–water partition coefficient (Wildman–Crippen LogP) is 0.698. The molecule has 18 heavy (non-hydrogen) atoms. The summed E-state index contributed by atoms with van der Waals surface area (Å²) in [5, 5.41) is 11.2. The molecule has 1 amide bonds. The Bertz CT molecular complexity index is 565. The summed E-state index contributed by atoms with van der Waals surface area (Å²) < 4.78 is 4.98. The standard InChI is InChI=1S/C11H9N3O4/c15-10(9-5-12-1-2-13-9)14-4-8-3-7(6-18-8)11(16)17/h1-3,5-6H,4H2,(H,14,15)(H,16,17). The number of carboxylic acid groups (broad SMARTS) is 1. The lowest BCUT2D eigenvalue weighted by molar-refractivity contribution is 0.0696. The smallest absolute Gasteiger partial charge is 0.338 e. The van der Waals surface area contributed by atoms with Gasteiger partial charge in [0.15, 0.2) is 0 Å². The van der Waals surface area contributed by atoms with Crippen molar-refractivity contribution in [2.45, 2.75) is 6.54 Å². The lowest BCUT2D eigenvalue weighted by atomic mass is 10.3. The Labute approximate surface area is 101 Å². The lowest BCUT2D eigenvalue weighted by Crippen LogP contribution is -2.23. The molecule has 0 saturated carbocycles. The van der Waals surface area contributed by atoms with Gasteiger partial charge in [0.05, 0.1) is 18.3 Å². The molecule has 0 fully saturated rings. The first-order valence-electron chi connectivity index (χ1n) is 5.02. The molecule has 0 atom stereocenters. The predicted molar refractivity (Wildman–Crippen MR) is 58.9 cm³/mol. The van der Waals surface area contributed by atoms with Gasteiger partial charge in [-0.05, 0) is 6.07 Å². The van der Waals surface area contributed by atoms with Crippen molar-refractivity contribution in [3.63, 3.8) is 0 Å². The third kappa shape index (κ3) is 2.70. The lowest BCUT2D eigenvalue weighted by Gasteiger charge is -2.01. The molecule has 92 valence electrons. The van der Waals surface area contributed by atoms with Gasteiger partial charge in [-0.2, -0.15) is 0 Å². The van der Waals surface area contributed by atoms with E-state index in [9.17, 15) is 9.59 Å². The molecule has 0 aromatic carbocycles. The Hall–Kier alpha value is -2.70. The molecule has 0 unspecified atom stereocenters. The number of nitrogens with one attached hydrogen (secondary N) is 1. The Kier molecular flexibility index (Phi) is 3.33. The van der Waals surface area contributed by atoms with Gasteiger partial charge in [-0.25, -0.2) is 9.78 Å². The molecule has 0 radical (unpaired) electrons. The molecular weight excluding hydrogens is 238 g/mol. The summed E-state index contributed by atoms with van der Waals surface area (Å²) in [4.78, 5) is 29.8. The molecule has 0 bridgehead atoms. The first-order chi connectivity index (χ1) is 8.66. The molecule has 0 saturated heterocycles. The summed E-state index contributed by atoms with van der Waals surface area (Å²) in [5.41, 5.74) is 0.223. The Morgan fingerprint density at radius 1 is 1.39 bits per heavy atom. The number of nitrogens with zero attached hydrogens (tertiary/aromatic N) is 2. The van der Waals surface area contributed by atoms with Crippen LogP contribution in [0.15, 0.2) is 35.3 Å². The van der Waals surface area contributed by atoms with Crippen LogP contribution in [0.1, 0.15) is 26.6 Å². The zero-order chi connectivity index (χ0) is 13.0. The van der Waals surface area contributed by atoms with Crippen molar-refractivity contribution in [1.82, 2.24) is 15.3 Å². The normalized spacial score (nSPS) is 10.0. The first kappa shape index (κ1) is 11.8. The van der Waals surface area contributed by atoms with E-state index in [4.69, 9.17) is 9.52 Å². The summed E-state index contributed by atoms with van der Waals surface area (Å²) in [7, 11) is 0. The second-order valence-electron chi connectivity index (χ2n) is 3.38. The summed E-state index contributed by atoms with van der Waals surface area (Å²) in [6.07, 6.45) is 5.32. The fourth-order valence-electron chi connectivity index (χ4n) is 1.26. The maximum Gasteiger partial charge on any atom is 0.338 e. The number of aromatic carboxylic acids is 1. The van der Waals surface area contributed by atoms with E-state index in [0.717, 1.165) is 6.26 Å². The minimum absolute atomic E-state index is 0.0405. The van der Waals surface area contributed by atoms with Crippen LogP contribution in [0.5, 0.6) is 0 Å². The Balaban J connectivity index is 1.95. The van der Waals surface area contributed by atoms with E-state index in [0.29, 0.717) is 5.76 Å². The van der Waals surface area contributed by atoms with Crippen molar-refractivity contribution in [3.8, 4) is 0 Å². The van der Waals surface area contributed by atoms with Crippen LogP contribution in [-0.4, -0.2) is 27.0 Å². The van der Waals surface area contributed by atoms with Gasteiger partial charge in [0.2, 0.25) is 0 Å². The van der Waals surface area contributed by atoms with Crippen LogP contribution in [0, 0.1) is 0 Å². The minimum Gasteiger partial charge on any atom is -0.478 e. The number of hydrogen-bond acceptors (Lipinski definition) is 5. The number of hydrogen-bond donors (Lipinski definition) is 2. The van der Waals surface area contributed by atoms with Crippen LogP contribution in [0.4, 0.5) is 0 Å². The molecule has 2 N–H and O–H groups in total. The van der Waals surface area contributed by atoms with Gasteiger partial charge < -0.3 is 14.8 Å². The van der Waals surface area contributed by atoms with Crippen molar-refractivity contribution >= 4 is 11.9 Å². The highest BCUT2D eigenvalue weighted by molar-refractivity contribution is 5.91. The van der Waals surface area contributed by atoms with Crippen LogP contribution in [0.25, 0.3) is 0 Å². The highest BCUT2D eigenvalue weighted by atomic mass is 16.4. The first-order valence-corrected chi connectivity index (χ1v) is 5.02. The Morgan fingerprint density at radius 3 is 2.83 bits per heavy atom. The number of furan rings is 1.